The fourth-order valence-corrected chi connectivity index (χ4v) is 2.16. The number of carbonyl (C=O) groups excluding carboxylic acids is 1. The molecule has 0 aromatic rings. The fraction of sp³-hybridized carbons (Fsp3) is 0.900. The van der Waals surface area contributed by atoms with Crippen molar-refractivity contribution in [1.82, 2.24) is 0 Å². The average Bonchev–Trinajstić information content (AvgIpc) is 2.21. The SMILES string of the molecule is C[C@]1(C(=O)OCC(Cl)(Cl)Cl)C[C@@H](O)[C@H](O)[C@H](O)C1. The number of hydrogen-bond donors (Lipinski definition) is 3. The van der Waals surface area contributed by atoms with Gasteiger partial charge in [-0.3, -0.25) is 4.79 Å². The molecule has 106 valence electrons. The molecule has 0 aliphatic heterocycles. The van der Waals surface area contributed by atoms with E-state index < -0.39 is 40.1 Å². The minimum atomic E-state index is -1.71. The van der Waals surface area contributed by atoms with Crippen molar-refractivity contribution in [3.05, 3.63) is 0 Å². The predicted octanol–water partition coefficient (Wildman–Crippen LogP) is 0.783. The van der Waals surface area contributed by atoms with Crippen LogP contribution in [0.2, 0.25) is 0 Å². The van der Waals surface area contributed by atoms with Gasteiger partial charge >= 0.3 is 5.97 Å². The highest BCUT2D eigenvalue weighted by molar-refractivity contribution is 6.67. The summed E-state index contributed by atoms with van der Waals surface area (Å²) in [6, 6.07) is 0. The molecule has 0 radical (unpaired) electrons. The molecule has 5 nitrogen and oxygen atoms in total. The van der Waals surface area contributed by atoms with Crippen LogP contribution in [-0.2, 0) is 9.53 Å². The highest BCUT2D eigenvalue weighted by Crippen LogP contribution is 2.38. The first kappa shape index (κ1) is 16.3. The van der Waals surface area contributed by atoms with E-state index in [0.717, 1.165) is 0 Å². The van der Waals surface area contributed by atoms with Gasteiger partial charge in [0.05, 0.1) is 17.6 Å². The van der Waals surface area contributed by atoms with Gasteiger partial charge in [0.2, 0.25) is 3.79 Å². The molecular formula is C10H15Cl3O5. The summed E-state index contributed by atoms with van der Waals surface area (Å²) >= 11 is 16.4. The normalized spacial score (nSPS) is 37.4. The Morgan fingerprint density at radius 3 is 2.11 bits per heavy atom. The molecule has 0 unspecified atom stereocenters. The number of rotatable bonds is 2. The van der Waals surface area contributed by atoms with Gasteiger partial charge in [-0.05, 0) is 19.8 Å². The largest absolute Gasteiger partial charge is 0.461 e. The molecule has 0 spiro atoms. The van der Waals surface area contributed by atoms with E-state index >= 15 is 0 Å². The van der Waals surface area contributed by atoms with Crippen LogP contribution in [0, 0.1) is 5.41 Å². The summed E-state index contributed by atoms with van der Waals surface area (Å²) < 4.78 is 3.13. The summed E-state index contributed by atoms with van der Waals surface area (Å²) in [5.74, 6) is -0.682. The van der Waals surface area contributed by atoms with Gasteiger partial charge < -0.3 is 20.1 Å². The first-order valence-corrected chi connectivity index (χ1v) is 6.47. The van der Waals surface area contributed by atoms with Gasteiger partial charge in [0, 0.05) is 0 Å². The van der Waals surface area contributed by atoms with Crippen molar-refractivity contribution < 1.29 is 24.9 Å². The molecule has 0 heterocycles. The van der Waals surface area contributed by atoms with Crippen molar-refractivity contribution in [2.75, 3.05) is 6.61 Å². The summed E-state index contributed by atoms with van der Waals surface area (Å²) in [5.41, 5.74) is -1.12. The Balaban J connectivity index is 2.66. The highest BCUT2D eigenvalue weighted by Gasteiger charge is 2.47. The Labute approximate surface area is 120 Å². The maximum Gasteiger partial charge on any atom is 0.312 e. The van der Waals surface area contributed by atoms with Crippen LogP contribution in [0.4, 0.5) is 0 Å². The van der Waals surface area contributed by atoms with Crippen LogP contribution in [0.3, 0.4) is 0 Å². The van der Waals surface area contributed by atoms with Gasteiger partial charge in [-0.15, -0.1) is 0 Å². The molecule has 1 fully saturated rings. The van der Waals surface area contributed by atoms with Crippen molar-refractivity contribution in [2.45, 2.75) is 41.9 Å². The third-order valence-electron chi connectivity index (χ3n) is 2.97. The summed E-state index contributed by atoms with van der Waals surface area (Å²) in [6.07, 6.45) is -3.70. The molecule has 8 heteroatoms. The Morgan fingerprint density at radius 2 is 1.72 bits per heavy atom. The van der Waals surface area contributed by atoms with E-state index in [0.29, 0.717) is 0 Å². The van der Waals surface area contributed by atoms with Crippen molar-refractivity contribution in [1.29, 1.82) is 0 Å². The molecule has 3 N–H and O–H groups in total. The van der Waals surface area contributed by atoms with E-state index in [-0.39, 0.29) is 12.8 Å². The van der Waals surface area contributed by atoms with Crippen molar-refractivity contribution in [3.63, 3.8) is 0 Å². The van der Waals surface area contributed by atoms with Crippen LogP contribution in [0.25, 0.3) is 0 Å². The lowest BCUT2D eigenvalue weighted by molar-refractivity contribution is -0.172. The molecular weight excluding hydrogens is 306 g/mol. The molecule has 0 aromatic heterocycles. The highest BCUT2D eigenvalue weighted by atomic mass is 35.6. The number of ether oxygens (including phenoxy) is 1. The van der Waals surface area contributed by atoms with Gasteiger partial charge in [-0.2, -0.15) is 0 Å². The molecule has 1 aliphatic carbocycles. The molecule has 0 saturated heterocycles. The van der Waals surface area contributed by atoms with Crippen molar-refractivity contribution in [2.24, 2.45) is 5.41 Å². The van der Waals surface area contributed by atoms with Gasteiger partial charge in [-0.1, -0.05) is 34.8 Å². The number of aliphatic hydroxyl groups is 3. The number of alkyl halides is 3. The minimum absolute atomic E-state index is 0.0239. The maximum atomic E-state index is 11.9. The van der Waals surface area contributed by atoms with Gasteiger partial charge in [0.1, 0.15) is 12.7 Å². The standard InChI is InChI=1S/C10H15Cl3O5/c1-9(8(17)18-4-10(11,12)13)2-5(14)7(16)6(15)3-9/h5-7,14-16H,2-4H2,1H3/t5-,6-,7-,9-/m1/s1. The van der Waals surface area contributed by atoms with E-state index in [2.05, 4.69) is 0 Å². The summed E-state index contributed by atoms with van der Waals surface area (Å²) in [6.45, 7) is 1.10. The van der Waals surface area contributed by atoms with Gasteiger partial charge in [0.15, 0.2) is 0 Å². The summed E-state index contributed by atoms with van der Waals surface area (Å²) in [4.78, 5) is 11.9. The van der Waals surface area contributed by atoms with E-state index in [1.807, 2.05) is 0 Å². The summed E-state index contributed by atoms with van der Waals surface area (Å²) in [7, 11) is 0. The second-order valence-electron chi connectivity index (χ2n) is 4.79. The number of aliphatic hydroxyl groups excluding tert-OH is 3. The van der Waals surface area contributed by atoms with Crippen LogP contribution in [0.5, 0.6) is 0 Å². The van der Waals surface area contributed by atoms with Crippen molar-refractivity contribution in [3.8, 4) is 0 Å². The zero-order valence-corrected chi connectivity index (χ0v) is 11.9. The Bertz CT molecular complexity index is 305. The van der Waals surface area contributed by atoms with Crippen molar-refractivity contribution >= 4 is 40.8 Å². The molecule has 18 heavy (non-hydrogen) atoms. The molecule has 0 amide bonds. The Hall–Kier alpha value is 0.220. The zero-order chi connectivity index (χ0) is 14.1. The molecule has 1 rings (SSSR count). The average molecular weight is 322 g/mol. The van der Waals surface area contributed by atoms with E-state index in [9.17, 15) is 20.1 Å². The Morgan fingerprint density at radius 1 is 1.28 bits per heavy atom. The van der Waals surface area contributed by atoms with E-state index in [1.54, 1.807) is 0 Å². The molecule has 0 aromatic carbocycles. The quantitative estimate of drug-likeness (QED) is 0.517. The van der Waals surface area contributed by atoms with E-state index in [1.165, 1.54) is 6.92 Å². The molecule has 1 saturated carbocycles. The third kappa shape index (κ3) is 4.11. The second-order valence-corrected chi connectivity index (χ2v) is 7.30. The zero-order valence-electron chi connectivity index (χ0n) is 9.65. The summed E-state index contributed by atoms with van der Waals surface area (Å²) in [5, 5.41) is 28.5. The predicted molar refractivity (Wildman–Crippen MR) is 66.6 cm³/mol. The second kappa shape index (κ2) is 5.69. The maximum absolute atomic E-state index is 11.9. The number of esters is 1. The third-order valence-corrected chi connectivity index (χ3v) is 3.29. The first-order chi connectivity index (χ1) is 8.05. The fourth-order valence-electron chi connectivity index (χ4n) is 1.99. The minimum Gasteiger partial charge on any atom is -0.461 e. The van der Waals surface area contributed by atoms with Gasteiger partial charge in [0.25, 0.3) is 0 Å². The van der Waals surface area contributed by atoms with Crippen LogP contribution in [0.1, 0.15) is 19.8 Å². The van der Waals surface area contributed by atoms with E-state index in [4.69, 9.17) is 39.5 Å². The van der Waals surface area contributed by atoms with Crippen LogP contribution >= 0.6 is 34.8 Å². The van der Waals surface area contributed by atoms with Crippen LogP contribution < -0.4 is 0 Å². The molecule has 1 aliphatic rings. The monoisotopic (exact) mass is 320 g/mol. The van der Waals surface area contributed by atoms with Gasteiger partial charge in [-0.25, -0.2) is 0 Å². The number of halogens is 3. The topological polar surface area (TPSA) is 87.0 Å². The van der Waals surface area contributed by atoms with Crippen LogP contribution in [-0.4, -0.2) is 50.0 Å². The number of hydrogen-bond acceptors (Lipinski definition) is 5. The molecule has 2 atom stereocenters. The smallest absolute Gasteiger partial charge is 0.312 e. The lowest BCUT2D eigenvalue weighted by Gasteiger charge is -2.39. The first-order valence-electron chi connectivity index (χ1n) is 5.33. The lowest BCUT2D eigenvalue weighted by atomic mass is 9.72. The van der Waals surface area contributed by atoms with Crippen LogP contribution in [0.15, 0.2) is 0 Å². The Kier molecular flexibility index (Phi) is 5.14. The number of carbonyl (C=O) groups is 1. The lowest BCUT2D eigenvalue weighted by Crippen LogP contribution is -2.51. The molecule has 0 bridgehead atoms.